The van der Waals surface area contributed by atoms with Crippen molar-refractivity contribution in [1.29, 1.82) is 0 Å². The van der Waals surface area contributed by atoms with Crippen molar-refractivity contribution in [1.82, 2.24) is 0 Å². The minimum atomic E-state index is -4.89. The van der Waals surface area contributed by atoms with Crippen molar-refractivity contribution in [2.45, 2.75) is 42.7 Å². The molecule has 0 unspecified atom stereocenters. The highest BCUT2D eigenvalue weighted by Crippen LogP contribution is 2.64. The van der Waals surface area contributed by atoms with Gasteiger partial charge in [0.2, 0.25) is 0 Å². The second-order valence-electron chi connectivity index (χ2n) is 3.77. The van der Waals surface area contributed by atoms with E-state index in [1.54, 1.807) is 0 Å². The molecule has 0 saturated heterocycles. The molecule has 0 nitrogen and oxygen atoms in total. The van der Waals surface area contributed by atoms with Crippen molar-refractivity contribution in [3.05, 3.63) is 0 Å². The Hall–Kier alpha value is -0.200. The van der Waals surface area contributed by atoms with Gasteiger partial charge in [-0.2, -0.15) is 17.6 Å². The Morgan fingerprint density at radius 3 is 1.88 bits per heavy atom. The SMILES string of the molecule is CCC(F)(F)C(F)(F)[C@@H]1CC(F)(F)[C@]1(F)Cl. The number of rotatable bonds is 3. The molecule has 0 aromatic rings. The van der Waals surface area contributed by atoms with Crippen LogP contribution in [0.5, 0.6) is 0 Å². The monoisotopic (exact) mass is 272 g/mol. The minimum Gasteiger partial charge on any atom is -0.219 e. The lowest BCUT2D eigenvalue weighted by atomic mass is 9.72. The van der Waals surface area contributed by atoms with Gasteiger partial charge in [-0.05, 0) is 0 Å². The van der Waals surface area contributed by atoms with Crippen LogP contribution < -0.4 is 0 Å². The average Bonchev–Trinajstić information content (AvgIpc) is 2.13. The maximum Gasteiger partial charge on any atom is 0.317 e. The molecule has 1 rings (SSSR count). The van der Waals surface area contributed by atoms with E-state index in [1.165, 1.54) is 0 Å². The normalized spacial score (nSPS) is 34.7. The summed E-state index contributed by atoms with van der Waals surface area (Å²) in [6.07, 6.45) is -2.97. The van der Waals surface area contributed by atoms with E-state index in [9.17, 15) is 30.7 Å². The fraction of sp³-hybridized carbons (Fsp3) is 1.00. The van der Waals surface area contributed by atoms with E-state index in [2.05, 4.69) is 11.6 Å². The van der Waals surface area contributed by atoms with Crippen molar-refractivity contribution in [3.8, 4) is 0 Å². The summed E-state index contributed by atoms with van der Waals surface area (Å²) in [6.45, 7) is 0.749. The van der Waals surface area contributed by atoms with E-state index in [0.29, 0.717) is 0 Å². The van der Waals surface area contributed by atoms with E-state index in [0.717, 1.165) is 6.92 Å². The molecule has 96 valence electrons. The zero-order chi connectivity index (χ0) is 13.0. The topological polar surface area (TPSA) is 0 Å². The van der Waals surface area contributed by atoms with E-state index >= 15 is 0 Å². The minimum absolute atomic E-state index is 0.749. The van der Waals surface area contributed by atoms with E-state index in [4.69, 9.17) is 0 Å². The number of hydrogen-bond acceptors (Lipinski definition) is 0. The first-order valence-electron chi connectivity index (χ1n) is 4.41. The molecule has 8 heteroatoms. The van der Waals surface area contributed by atoms with E-state index in [1.807, 2.05) is 0 Å². The van der Waals surface area contributed by atoms with Crippen LogP contribution in [0.15, 0.2) is 0 Å². The smallest absolute Gasteiger partial charge is 0.219 e. The van der Waals surface area contributed by atoms with Crippen molar-refractivity contribution in [3.63, 3.8) is 0 Å². The number of halogens is 8. The lowest BCUT2D eigenvalue weighted by Crippen LogP contribution is -2.67. The van der Waals surface area contributed by atoms with Gasteiger partial charge in [-0.3, -0.25) is 0 Å². The van der Waals surface area contributed by atoms with Crippen molar-refractivity contribution in [2.75, 3.05) is 0 Å². The average molecular weight is 273 g/mol. The van der Waals surface area contributed by atoms with Gasteiger partial charge in [-0.15, -0.1) is 0 Å². The quantitative estimate of drug-likeness (QED) is 0.533. The maximum atomic E-state index is 13.1. The first-order chi connectivity index (χ1) is 6.90. The molecule has 0 spiro atoms. The molecule has 0 N–H and O–H groups in total. The van der Waals surface area contributed by atoms with Gasteiger partial charge in [0.25, 0.3) is 11.1 Å². The third-order valence-electron chi connectivity index (χ3n) is 2.76. The summed E-state index contributed by atoms with van der Waals surface area (Å²) in [6, 6.07) is 0. The third-order valence-corrected chi connectivity index (χ3v) is 3.30. The summed E-state index contributed by atoms with van der Waals surface area (Å²) < 4.78 is 89.7. The highest BCUT2D eigenvalue weighted by molar-refractivity contribution is 6.24. The molecule has 2 atom stereocenters. The molecule has 1 aliphatic carbocycles. The molecule has 0 amide bonds. The van der Waals surface area contributed by atoms with Gasteiger partial charge in [-0.25, -0.2) is 13.2 Å². The summed E-state index contributed by atoms with van der Waals surface area (Å²) in [5, 5.41) is -4.12. The van der Waals surface area contributed by atoms with Gasteiger partial charge in [0.15, 0.2) is 0 Å². The Kier molecular flexibility index (Phi) is 2.94. The molecule has 0 bridgehead atoms. The summed E-state index contributed by atoms with van der Waals surface area (Å²) in [5.41, 5.74) is 0. The number of hydrogen-bond donors (Lipinski definition) is 0. The van der Waals surface area contributed by atoms with Gasteiger partial charge in [-0.1, -0.05) is 18.5 Å². The molecule has 0 heterocycles. The predicted molar refractivity (Wildman–Crippen MR) is 42.9 cm³/mol. The van der Waals surface area contributed by atoms with Gasteiger partial charge >= 0.3 is 11.8 Å². The van der Waals surface area contributed by atoms with Crippen LogP contribution in [0.3, 0.4) is 0 Å². The van der Waals surface area contributed by atoms with Crippen LogP contribution in [0.25, 0.3) is 0 Å². The molecule has 0 aromatic heterocycles. The van der Waals surface area contributed by atoms with Crippen LogP contribution in [-0.2, 0) is 0 Å². The highest BCUT2D eigenvalue weighted by Gasteiger charge is 2.80. The predicted octanol–water partition coefficient (Wildman–Crippen LogP) is 4.23. The van der Waals surface area contributed by atoms with Crippen molar-refractivity contribution in [2.24, 2.45) is 5.92 Å². The molecule has 16 heavy (non-hydrogen) atoms. The molecule has 1 saturated carbocycles. The summed E-state index contributed by atoms with van der Waals surface area (Å²) >= 11 is 4.58. The van der Waals surface area contributed by atoms with Crippen LogP contribution in [0.2, 0.25) is 0 Å². The van der Waals surface area contributed by atoms with Crippen LogP contribution in [0, 0.1) is 5.92 Å². The zero-order valence-electron chi connectivity index (χ0n) is 8.02. The van der Waals surface area contributed by atoms with E-state index < -0.39 is 41.7 Å². The Morgan fingerprint density at radius 1 is 1.19 bits per heavy atom. The first-order valence-corrected chi connectivity index (χ1v) is 4.79. The molecular weight excluding hydrogens is 265 g/mol. The van der Waals surface area contributed by atoms with Crippen LogP contribution in [0.1, 0.15) is 19.8 Å². The number of alkyl halides is 8. The van der Waals surface area contributed by atoms with Crippen molar-refractivity contribution >= 4 is 11.6 Å². The zero-order valence-corrected chi connectivity index (χ0v) is 8.77. The van der Waals surface area contributed by atoms with E-state index in [-0.39, 0.29) is 0 Å². The van der Waals surface area contributed by atoms with Gasteiger partial charge in [0.05, 0.1) is 5.92 Å². The fourth-order valence-corrected chi connectivity index (χ4v) is 1.78. The maximum absolute atomic E-state index is 13.1. The summed E-state index contributed by atoms with van der Waals surface area (Å²) in [4.78, 5) is 0. The fourth-order valence-electron chi connectivity index (χ4n) is 1.49. The van der Waals surface area contributed by atoms with Crippen LogP contribution in [-0.4, -0.2) is 22.9 Å². The Labute approximate surface area is 91.8 Å². The largest absolute Gasteiger partial charge is 0.317 e. The van der Waals surface area contributed by atoms with Gasteiger partial charge in [0, 0.05) is 12.8 Å². The second-order valence-corrected chi connectivity index (χ2v) is 4.32. The standard InChI is InChI=1S/C8H8ClF7/c1-2-5(10,11)8(15,16)4-3-6(12,13)7(4,9)14/h4H,2-3H2,1H3/t4-,7+/m1/s1. The van der Waals surface area contributed by atoms with Crippen LogP contribution >= 0.6 is 11.6 Å². The Balaban J connectivity index is 2.98. The summed E-state index contributed by atoms with van der Waals surface area (Å²) in [5.74, 6) is -16.5. The second kappa shape index (κ2) is 3.40. The van der Waals surface area contributed by atoms with Gasteiger partial charge < -0.3 is 0 Å². The molecule has 1 aliphatic rings. The van der Waals surface area contributed by atoms with Crippen molar-refractivity contribution < 1.29 is 30.7 Å². The summed E-state index contributed by atoms with van der Waals surface area (Å²) in [7, 11) is 0. The highest BCUT2D eigenvalue weighted by atomic mass is 35.5. The van der Waals surface area contributed by atoms with Crippen LogP contribution in [0.4, 0.5) is 30.7 Å². The Bertz CT molecular complexity index is 286. The molecule has 1 fully saturated rings. The lowest BCUT2D eigenvalue weighted by molar-refractivity contribution is -0.321. The Morgan fingerprint density at radius 2 is 1.62 bits per heavy atom. The first kappa shape index (κ1) is 13.9. The molecule has 0 radical (unpaired) electrons. The van der Waals surface area contributed by atoms with Gasteiger partial charge in [0.1, 0.15) is 0 Å². The molecule has 0 aliphatic heterocycles. The molecule has 0 aromatic carbocycles. The third kappa shape index (κ3) is 1.58. The molecular formula is C8H8ClF7. The lowest BCUT2D eigenvalue weighted by Gasteiger charge is -2.49.